The summed E-state index contributed by atoms with van der Waals surface area (Å²) >= 11 is 0. The lowest BCUT2D eigenvalue weighted by Crippen LogP contribution is -2.33. The van der Waals surface area contributed by atoms with Crippen LogP contribution in [0.3, 0.4) is 0 Å². The second-order valence-corrected chi connectivity index (χ2v) is 6.10. The number of ether oxygens (including phenoxy) is 1. The third kappa shape index (κ3) is 2.72. The molecule has 3 unspecified atom stereocenters. The van der Waals surface area contributed by atoms with E-state index in [1.165, 1.54) is 25.7 Å². The molecule has 0 aromatic carbocycles. The highest BCUT2D eigenvalue weighted by Crippen LogP contribution is 2.48. The maximum atomic E-state index is 11.8. The van der Waals surface area contributed by atoms with Crippen molar-refractivity contribution in [3.8, 4) is 0 Å². The first-order chi connectivity index (χ1) is 8.02. The van der Waals surface area contributed by atoms with Crippen LogP contribution in [0, 0.1) is 11.8 Å². The van der Waals surface area contributed by atoms with Crippen molar-refractivity contribution >= 4 is 5.97 Å². The van der Waals surface area contributed by atoms with Gasteiger partial charge in [0.1, 0.15) is 5.60 Å². The monoisotopic (exact) mass is 236 g/mol. The summed E-state index contributed by atoms with van der Waals surface area (Å²) in [7, 11) is 0. The molecular formula is C15H24O2. The summed E-state index contributed by atoms with van der Waals surface area (Å²) in [4.78, 5) is 11.8. The highest BCUT2D eigenvalue weighted by molar-refractivity contribution is 5.87. The molecule has 2 nitrogen and oxygen atoms in total. The molecule has 0 saturated heterocycles. The lowest BCUT2D eigenvalue weighted by molar-refractivity contribution is -0.155. The summed E-state index contributed by atoms with van der Waals surface area (Å²) in [6, 6.07) is 0. The summed E-state index contributed by atoms with van der Waals surface area (Å²) in [6.07, 6.45) is 8.32. The smallest absolute Gasteiger partial charge is 0.333 e. The van der Waals surface area contributed by atoms with Crippen LogP contribution in [-0.4, -0.2) is 11.6 Å². The highest BCUT2D eigenvalue weighted by Gasteiger charge is 2.46. The first kappa shape index (κ1) is 12.7. The molecule has 0 amide bonds. The molecule has 0 aromatic heterocycles. The zero-order valence-corrected chi connectivity index (χ0v) is 11.1. The summed E-state index contributed by atoms with van der Waals surface area (Å²) in [5.74, 6) is 1.26. The van der Waals surface area contributed by atoms with Crippen molar-refractivity contribution in [2.75, 3.05) is 0 Å². The van der Waals surface area contributed by atoms with E-state index in [4.69, 9.17) is 4.74 Å². The van der Waals surface area contributed by atoms with E-state index in [1.54, 1.807) is 6.92 Å². The second kappa shape index (κ2) is 4.83. The van der Waals surface area contributed by atoms with E-state index >= 15 is 0 Å². The third-order valence-electron chi connectivity index (χ3n) is 4.50. The van der Waals surface area contributed by atoms with Crippen LogP contribution in [0.2, 0.25) is 0 Å². The minimum atomic E-state index is -0.196. The lowest BCUT2D eigenvalue weighted by atomic mass is 9.87. The van der Waals surface area contributed by atoms with Gasteiger partial charge in [-0.2, -0.15) is 0 Å². The van der Waals surface area contributed by atoms with E-state index in [0.717, 1.165) is 25.2 Å². The number of carbonyl (C=O) groups excluding carboxylic acids is 1. The van der Waals surface area contributed by atoms with E-state index in [0.29, 0.717) is 11.5 Å². The normalized spacial score (nSPS) is 37.1. The molecule has 0 aliphatic heterocycles. The maximum absolute atomic E-state index is 11.8. The van der Waals surface area contributed by atoms with E-state index in [2.05, 4.69) is 13.5 Å². The van der Waals surface area contributed by atoms with Crippen LogP contribution in [0.5, 0.6) is 0 Å². The number of rotatable bonds is 2. The highest BCUT2D eigenvalue weighted by atomic mass is 16.6. The Morgan fingerprint density at radius 1 is 1.29 bits per heavy atom. The van der Waals surface area contributed by atoms with Crippen LogP contribution in [0.25, 0.3) is 0 Å². The minimum Gasteiger partial charge on any atom is -0.456 e. The van der Waals surface area contributed by atoms with Crippen LogP contribution >= 0.6 is 0 Å². The lowest BCUT2D eigenvalue weighted by Gasteiger charge is -2.31. The molecular weight excluding hydrogens is 212 g/mol. The van der Waals surface area contributed by atoms with Gasteiger partial charge in [-0.05, 0) is 44.4 Å². The first-order valence-electron chi connectivity index (χ1n) is 6.91. The number of hydrogen-bond donors (Lipinski definition) is 0. The Morgan fingerprint density at radius 3 is 2.76 bits per heavy atom. The average molecular weight is 236 g/mol. The molecule has 0 radical (unpaired) electrons. The predicted octanol–water partition coefficient (Wildman–Crippen LogP) is 3.85. The molecule has 0 aromatic rings. The molecule has 2 heteroatoms. The first-order valence-corrected chi connectivity index (χ1v) is 6.91. The van der Waals surface area contributed by atoms with Crippen molar-refractivity contribution in [1.82, 2.24) is 0 Å². The molecule has 17 heavy (non-hydrogen) atoms. The molecule has 2 aliphatic rings. The van der Waals surface area contributed by atoms with Gasteiger partial charge in [-0.1, -0.05) is 32.8 Å². The molecule has 2 fully saturated rings. The molecule has 2 rings (SSSR count). The Morgan fingerprint density at radius 2 is 2.06 bits per heavy atom. The van der Waals surface area contributed by atoms with Gasteiger partial charge in [0.15, 0.2) is 0 Å². The average Bonchev–Trinajstić information content (AvgIpc) is 2.54. The van der Waals surface area contributed by atoms with Gasteiger partial charge in [0.2, 0.25) is 0 Å². The Hall–Kier alpha value is -0.790. The maximum Gasteiger partial charge on any atom is 0.333 e. The van der Waals surface area contributed by atoms with Crippen molar-refractivity contribution in [3.05, 3.63) is 12.2 Å². The van der Waals surface area contributed by atoms with Crippen molar-refractivity contribution < 1.29 is 9.53 Å². The predicted molar refractivity (Wildman–Crippen MR) is 68.6 cm³/mol. The summed E-state index contributed by atoms with van der Waals surface area (Å²) in [5, 5.41) is 0. The number of hydrogen-bond acceptors (Lipinski definition) is 2. The van der Waals surface area contributed by atoms with E-state index in [9.17, 15) is 4.79 Å². The second-order valence-electron chi connectivity index (χ2n) is 6.10. The molecule has 0 heterocycles. The Kier molecular flexibility index (Phi) is 3.60. The van der Waals surface area contributed by atoms with Crippen LogP contribution in [-0.2, 0) is 9.53 Å². The van der Waals surface area contributed by atoms with Gasteiger partial charge in [-0.3, -0.25) is 0 Å². The molecule has 2 bridgehead atoms. The van der Waals surface area contributed by atoms with Crippen LogP contribution in [0.4, 0.5) is 0 Å². The summed E-state index contributed by atoms with van der Waals surface area (Å²) < 4.78 is 5.80. The molecule has 0 spiro atoms. The fourth-order valence-corrected chi connectivity index (χ4v) is 3.56. The Balaban J connectivity index is 2.10. The fraction of sp³-hybridized carbons (Fsp3) is 0.800. The summed E-state index contributed by atoms with van der Waals surface area (Å²) in [6.45, 7) is 7.73. The molecule has 3 atom stereocenters. The van der Waals surface area contributed by atoms with E-state index < -0.39 is 0 Å². The number of esters is 1. The van der Waals surface area contributed by atoms with Gasteiger partial charge in [-0.25, -0.2) is 4.79 Å². The molecule has 0 N–H and O–H groups in total. The van der Waals surface area contributed by atoms with Crippen molar-refractivity contribution in [2.24, 2.45) is 11.8 Å². The zero-order chi connectivity index (χ0) is 12.5. The Labute approximate surface area is 104 Å². The minimum absolute atomic E-state index is 0.166. The zero-order valence-electron chi connectivity index (χ0n) is 11.1. The molecule has 96 valence electrons. The van der Waals surface area contributed by atoms with Crippen LogP contribution in [0.15, 0.2) is 12.2 Å². The van der Waals surface area contributed by atoms with E-state index in [-0.39, 0.29) is 11.6 Å². The fourth-order valence-electron chi connectivity index (χ4n) is 3.56. The topological polar surface area (TPSA) is 26.3 Å². The molecule has 2 aliphatic carbocycles. The van der Waals surface area contributed by atoms with Gasteiger partial charge in [0.05, 0.1) is 0 Å². The largest absolute Gasteiger partial charge is 0.456 e. The quantitative estimate of drug-likeness (QED) is 0.537. The Bertz CT molecular complexity index is 321. The van der Waals surface area contributed by atoms with Gasteiger partial charge in [0, 0.05) is 5.57 Å². The van der Waals surface area contributed by atoms with Crippen LogP contribution < -0.4 is 0 Å². The van der Waals surface area contributed by atoms with Crippen molar-refractivity contribution in [1.29, 1.82) is 0 Å². The third-order valence-corrected chi connectivity index (χ3v) is 4.50. The van der Waals surface area contributed by atoms with Crippen molar-refractivity contribution in [2.45, 2.75) is 64.4 Å². The number of carbonyl (C=O) groups is 1. The number of fused-ring (bicyclic) bond motifs is 2. The van der Waals surface area contributed by atoms with Crippen molar-refractivity contribution in [3.63, 3.8) is 0 Å². The molecule has 2 saturated carbocycles. The van der Waals surface area contributed by atoms with Gasteiger partial charge in [0.25, 0.3) is 0 Å². The van der Waals surface area contributed by atoms with Gasteiger partial charge >= 0.3 is 5.97 Å². The van der Waals surface area contributed by atoms with E-state index in [1.807, 2.05) is 0 Å². The standard InChI is InChI=1S/C15H24O2/c1-11(2)14(16)17-15-8-6-4-5-7-13(10-15)12(3)9-15/h12-13H,1,4-10H2,2-3H3. The SMILES string of the molecule is C=C(C)C(=O)OC12CCCCCC(C1)C(C)C2. The summed E-state index contributed by atoms with van der Waals surface area (Å²) in [5.41, 5.74) is 0.359. The van der Waals surface area contributed by atoms with Crippen LogP contribution in [0.1, 0.15) is 58.8 Å². The van der Waals surface area contributed by atoms with Gasteiger partial charge < -0.3 is 4.74 Å². The van der Waals surface area contributed by atoms with Gasteiger partial charge in [-0.15, -0.1) is 0 Å².